The maximum absolute atomic E-state index is 13.4. The highest BCUT2D eigenvalue weighted by atomic mass is 35.5. The molecular formula is C29H46ClN5O7. The van der Waals surface area contributed by atoms with Crippen LogP contribution in [0.15, 0.2) is 29.3 Å². The fraction of sp³-hybridized carbons (Fsp3) is 0.621. The van der Waals surface area contributed by atoms with Crippen molar-refractivity contribution in [1.29, 1.82) is 0 Å². The second-order valence-electron chi connectivity index (χ2n) is 10.1. The van der Waals surface area contributed by atoms with Crippen molar-refractivity contribution >= 4 is 42.1 Å². The van der Waals surface area contributed by atoms with Crippen LogP contribution in [0.25, 0.3) is 0 Å². The van der Waals surface area contributed by atoms with E-state index in [0.717, 1.165) is 12.0 Å². The van der Waals surface area contributed by atoms with Gasteiger partial charge in [-0.3, -0.25) is 19.7 Å². The van der Waals surface area contributed by atoms with Crippen molar-refractivity contribution in [2.45, 2.75) is 72.0 Å². The summed E-state index contributed by atoms with van der Waals surface area (Å²) >= 11 is 0. The van der Waals surface area contributed by atoms with Gasteiger partial charge in [-0.1, -0.05) is 38.1 Å². The quantitative estimate of drug-likeness (QED) is 0.110. The van der Waals surface area contributed by atoms with E-state index in [1.807, 2.05) is 20.8 Å². The van der Waals surface area contributed by atoms with Crippen molar-refractivity contribution in [2.75, 3.05) is 39.5 Å². The molecule has 4 N–H and O–H groups in total. The van der Waals surface area contributed by atoms with Crippen molar-refractivity contribution in [3.8, 4) is 0 Å². The van der Waals surface area contributed by atoms with E-state index in [1.165, 1.54) is 0 Å². The van der Waals surface area contributed by atoms with E-state index in [9.17, 15) is 19.2 Å². The van der Waals surface area contributed by atoms with Gasteiger partial charge in [0.15, 0.2) is 0 Å². The zero-order valence-corrected chi connectivity index (χ0v) is 25.9. The standard InChI is InChI=1S/C29H45N5O7.ClH/c1-5-39-15-8-16-41-29(38)33-26(30)22-12-10-21(11-13-22)18-32-27(36)24-9-7-14-34(24)28(37)23(17-20(3)4)31-19-25(35)40-6-2;/h10-13,20,23-24,31H,5-9,14-19H2,1-4H3,(H,32,36)(H2,30,33,38);1H/t23-,24+;/m1./s1. The van der Waals surface area contributed by atoms with Crippen LogP contribution >= 0.6 is 12.4 Å². The molecule has 1 fully saturated rings. The number of amides is 3. The van der Waals surface area contributed by atoms with Crippen molar-refractivity contribution in [3.63, 3.8) is 0 Å². The molecule has 0 spiro atoms. The Balaban J connectivity index is 0.00000882. The molecule has 1 aromatic rings. The predicted molar refractivity (Wildman–Crippen MR) is 161 cm³/mol. The molecule has 1 saturated heterocycles. The zero-order chi connectivity index (χ0) is 30.2. The molecule has 2 rings (SSSR count). The topological polar surface area (TPSA) is 162 Å². The molecule has 3 amide bonds. The number of esters is 1. The van der Waals surface area contributed by atoms with Crippen LogP contribution in [0.3, 0.4) is 0 Å². The highest BCUT2D eigenvalue weighted by Gasteiger charge is 2.37. The van der Waals surface area contributed by atoms with Crippen LogP contribution in [0.4, 0.5) is 4.79 Å². The molecule has 13 heteroatoms. The van der Waals surface area contributed by atoms with Crippen molar-refractivity contribution in [1.82, 2.24) is 15.5 Å². The average molecular weight is 612 g/mol. The Bertz CT molecular complexity index is 1040. The second-order valence-corrected chi connectivity index (χ2v) is 10.1. The summed E-state index contributed by atoms with van der Waals surface area (Å²) in [5.41, 5.74) is 7.30. The third kappa shape index (κ3) is 12.7. The summed E-state index contributed by atoms with van der Waals surface area (Å²) in [5, 5.41) is 5.94. The first kappa shape index (κ1) is 36.8. The Labute approximate surface area is 254 Å². The Morgan fingerprint density at radius 2 is 1.79 bits per heavy atom. The van der Waals surface area contributed by atoms with Gasteiger partial charge < -0.3 is 30.2 Å². The predicted octanol–water partition coefficient (Wildman–Crippen LogP) is 2.55. The van der Waals surface area contributed by atoms with Gasteiger partial charge >= 0.3 is 12.1 Å². The SMILES string of the molecule is CCOCCCOC(=O)N=C(N)c1ccc(CNC(=O)[C@@H]2CCCN2C(=O)[C@@H](CC(C)C)NCC(=O)OCC)cc1.Cl. The number of nitrogens with zero attached hydrogens (tertiary/aromatic N) is 2. The third-order valence-electron chi connectivity index (χ3n) is 6.43. The Morgan fingerprint density at radius 1 is 1.07 bits per heavy atom. The van der Waals surface area contributed by atoms with Gasteiger partial charge in [-0.05, 0) is 44.6 Å². The van der Waals surface area contributed by atoms with Gasteiger partial charge in [0.25, 0.3) is 0 Å². The van der Waals surface area contributed by atoms with Gasteiger partial charge in [-0.2, -0.15) is 4.99 Å². The van der Waals surface area contributed by atoms with Crippen molar-refractivity contribution < 1.29 is 33.4 Å². The molecule has 1 aliphatic rings. The normalized spacial score (nSPS) is 15.6. The summed E-state index contributed by atoms with van der Waals surface area (Å²) in [7, 11) is 0. The van der Waals surface area contributed by atoms with Crippen molar-refractivity contribution in [3.05, 3.63) is 35.4 Å². The van der Waals surface area contributed by atoms with Gasteiger partial charge in [0, 0.05) is 38.3 Å². The molecule has 42 heavy (non-hydrogen) atoms. The van der Waals surface area contributed by atoms with Crippen LogP contribution in [0.2, 0.25) is 0 Å². The van der Waals surface area contributed by atoms with Gasteiger partial charge in [-0.25, -0.2) is 4.79 Å². The summed E-state index contributed by atoms with van der Waals surface area (Å²) in [5.74, 6) is -0.596. The number of benzene rings is 1. The fourth-order valence-electron chi connectivity index (χ4n) is 4.42. The lowest BCUT2D eigenvalue weighted by atomic mass is 10.0. The van der Waals surface area contributed by atoms with Crippen LogP contribution in [-0.4, -0.2) is 86.2 Å². The third-order valence-corrected chi connectivity index (χ3v) is 6.43. The number of amidine groups is 1. The number of hydrogen-bond acceptors (Lipinski definition) is 8. The number of halogens is 1. The van der Waals surface area contributed by atoms with Gasteiger partial charge in [-0.15, -0.1) is 12.4 Å². The lowest BCUT2D eigenvalue weighted by Gasteiger charge is -2.29. The summed E-state index contributed by atoms with van der Waals surface area (Å²) in [4.78, 5) is 55.5. The highest BCUT2D eigenvalue weighted by Crippen LogP contribution is 2.20. The maximum Gasteiger partial charge on any atom is 0.435 e. The number of hydrogen-bond donors (Lipinski definition) is 3. The lowest BCUT2D eigenvalue weighted by molar-refractivity contribution is -0.143. The van der Waals surface area contributed by atoms with Crippen LogP contribution in [-0.2, 0) is 35.1 Å². The fourth-order valence-corrected chi connectivity index (χ4v) is 4.42. The monoisotopic (exact) mass is 611 g/mol. The van der Waals surface area contributed by atoms with Crippen LogP contribution in [0.5, 0.6) is 0 Å². The lowest BCUT2D eigenvalue weighted by Crippen LogP contribution is -2.53. The number of rotatable bonds is 16. The molecule has 0 radical (unpaired) electrons. The number of nitrogens with one attached hydrogen (secondary N) is 2. The Kier molecular flexibility index (Phi) is 17.4. The highest BCUT2D eigenvalue weighted by molar-refractivity contribution is 6.02. The van der Waals surface area contributed by atoms with E-state index >= 15 is 0 Å². The average Bonchev–Trinajstić information content (AvgIpc) is 3.44. The molecule has 1 heterocycles. The van der Waals surface area contributed by atoms with E-state index in [-0.39, 0.29) is 62.3 Å². The first-order valence-electron chi connectivity index (χ1n) is 14.3. The first-order chi connectivity index (χ1) is 19.7. The molecule has 0 saturated carbocycles. The smallest absolute Gasteiger partial charge is 0.435 e. The summed E-state index contributed by atoms with van der Waals surface area (Å²) in [6.45, 7) is 9.87. The minimum absolute atomic E-state index is 0. The van der Waals surface area contributed by atoms with Gasteiger partial charge in [0.1, 0.15) is 11.9 Å². The summed E-state index contributed by atoms with van der Waals surface area (Å²) < 4.78 is 15.2. The molecule has 1 aliphatic heterocycles. The number of carbonyl (C=O) groups excluding carboxylic acids is 4. The molecule has 0 aromatic heterocycles. The molecule has 0 unspecified atom stereocenters. The second kappa shape index (κ2) is 19.8. The van der Waals surface area contributed by atoms with Crippen LogP contribution in [0, 0.1) is 5.92 Å². The van der Waals surface area contributed by atoms with Crippen LogP contribution in [0.1, 0.15) is 64.5 Å². The van der Waals surface area contributed by atoms with E-state index < -0.39 is 24.1 Å². The number of carbonyl (C=O) groups is 4. The van der Waals surface area contributed by atoms with E-state index in [4.69, 9.17) is 19.9 Å². The largest absolute Gasteiger partial charge is 0.465 e. The number of ether oxygens (including phenoxy) is 3. The molecule has 236 valence electrons. The minimum atomic E-state index is -0.766. The number of aliphatic imine (C=N–C) groups is 1. The van der Waals surface area contributed by atoms with E-state index in [0.29, 0.717) is 44.6 Å². The first-order valence-corrected chi connectivity index (χ1v) is 14.3. The van der Waals surface area contributed by atoms with Gasteiger partial charge in [0.2, 0.25) is 11.8 Å². The number of nitrogens with two attached hydrogens (primary N) is 1. The molecule has 0 bridgehead atoms. The minimum Gasteiger partial charge on any atom is -0.465 e. The molecule has 2 atom stereocenters. The zero-order valence-electron chi connectivity index (χ0n) is 25.1. The van der Waals surface area contributed by atoms with Crippen LogP contribution < -0.4 is 16.4 Å². The van der Waals surface area contributed by atoms with Crippen molar-refractivity contribution in [2.24, 2.45) is 16.6 Å². The summed E-state index contributed by atoms with van der Waals surface area (Å²) in [6.07, 6.45) is 1.63. The molecule has 12 nitrogen and oxygen atoms in total. The summed E-state index contributed by atoms with van der Waals surface area (Å²) in [6, 6.07) is 5.81. The number of likely N-dealkylation sites (tertiary alicyclic amines) is 1. The van der Waals surface area contributed by atoms with E-state index in [2.05, 4.69) is 15.6 Å². The molecule has 0 aliphatic carbocycles. The maximum atomic E-state index is 13.4. The molecule has 1 aromatic carbocycles. The van der Waals surface area contributed by atoms with E-state index in [1.54, 1.807) is 36.1 Å². The Morgan fingerprint density at radius 3 is 2.43 bits per heavy atom. The van der Waals surface area contributed by atoms with Gasteiger partial charge in [0.05, 0.1) is 25.8 Å². The molecular weight excluding hydrogens is 566 g/mol. The Hall–Kier alpha value is -3.22.